The fourth-order valence-corrected chi connectivity index (χ4v) is 1.80. The van der Waals surface area contributed by atoms with Crippen LogP contribution in [-0.2, 0) is 4.79 Å². The molecule has 4 N–H and O–H groups in total. The van der Waals surface area contributed by atoms with Crippen LogP contribution in [0.4, 0.5) is 0 Å². The molecule has 0 heterocycles. The second kappa shape index (κ2) is 6.97. The molecule has 1 atom stereocenters. The number of carbonyl (C=O) groups is 1. The Morgan fingerprint density at radius 1 is 1.28 bits per heavy atom. The quantitative estimate of drug-likeness (QED) is 0.808. The third kappa shape index (κ3) is 4.72. The van der Waals surface area contributed by atoms with Crippen LogP contribution in [-0.4, -0.2) is 11.9 Å². The normalized spacial score (nSPS) is 13.7. The molecule has 98 valence electrons. The van der Waals surface area contributed by atoms with Crippen molar-refractivity contribution in [2.45, 2.75) is 32.7 Å². The van der Waals surface area contributed by atoms with Crippen LogP contribution in [0, 0.1) is 5.92 Å². The van der Waals surface area contributed by atoms with Gasteiger partial charge in [0.25, 0.3) is 0 Å². The summed E-state index contributed by atoms with van der Waals surface area (Å²) in [6.45, 7) is 4.30. The first-order chi connectivity index (χ1) is 8.50. The van der Waals surface area contributed by atoms with Gasteiger partial charge in [-0.25, -0.2) is 0 Å². The maximum absolute atomic E-state index is 11.0. The molecule has 18 heavy (non-hydrogen) atoms. The number of rotatable bonds is 6. The Kier molecular flexibility index (Phi) is 5.59. The Hall–Kier alpha value is -1.61. The van der Waals surface area contributed by atoms with Gasteiger partial charge in [-0.2, -0.15) is 0 Å². The summed E-state index contributed by atoms with van der Waals surface area (Å²) >= 11 is 0. The van der Waals surface area contributed by atoms with Gasteiger partial charge >= 0.3 is 0 Å². The third-order valence-corrected chi connectivity index (χ3v) is 2.74. The van der Waals surface area contributed by atoms with E-state index in [1.807, 2.05) is 30.3 Å². The summed E-state index contributed by atoms with van der Waals surface area (Å²) in [5.41, 5.74) is 13.4. The second-order valence-corrected chi connectivity index (χ2v) is 4.93. The van der Waals surface area contributed by atoms with Crippen LogP contribution in [0.5, 0.6) is 0 Å². The molecule has 0 aliphatic rings. The lowest BCUT2D eigenvalue weighted by molar-refractivity contribution is -0.118. The predicted molar refractivity (Wildman–Crippen MR) is 75.7 cm³/mol. The van der Waals surface area contributed by atoms with Crippen molar-refractivity contribution in [3.05, 3.63) is 42.0 Å². The molecule has 0 aliphatic carbocycles. The van der Waals surface area contributed by atoms with Crippen molar-refractivity contribution in [3.8, 4) is 0 Å². The summed E-state index contributed by atoms with van der Waals surface area (Å²) < 4.78 is 0. The van der Waals surface area contributed by atoms with E-state index in [0.29, 0.717) is 5.92 Å². The molecule has 0 radical (unpaired) electrons. The lowest BCUT2D eigenvalue weighted by Crippen LogP contribution is -2.28. The second-order valence-electron chi connectivity index (χ2n) is 4.93. The minimum absolute atomic E-state index is 0.179. The molecule has 0 spiro atoms. The van der Waals surface area contributed by atoms with Crippen LogP contribution < -0.4 is 11.5 Å². The molecule has 0 fully saturated rings. The number of amides is 1. The van der Waals surface area contributed by atoms with Crippen molar-refractivity contribution < 1.29 is 4.79 Å². The standard InChI is InChI=1S/C15H22N2O/c1-11(2)8-9-13(14(16)10-15(17)18)12-6-4-3-5-7-12/h3-7,9,11,14H,8,10,16H2,1-2H3,(H2,17,18)/b13-9+. The molecule has 1 aromatic rings. The van der Waals surface area contributed by atoms with Crippen molar-refractivity contribution >= 4 is 11.5 Å². The predicted octanol–water partition coefficient (Wildman–Crippen LogP) is 2.32. The Balaban J connectivity index is 2.95. The number of benzene rings is 1. The van der Waals surface area contributed by atoms with Gasteiger partial charge in [0.05, 0.1) is 0 Å². The van der Waals surface area contributed by atoms with E-state index in [9.17, 15) is 4.79 Å². The van der Waals surface area contributed by atoms with Gasteiger partial charge in [0, 0.05) is 12.5 Å². The van der Waals surface area contributed by atoms with Crippen LogP contribution in [0.25, 0.3) is 5.57 Å². The number of primary amides is 1. The summed E-state index contributed by atoms with van der Waals surface area (Å²) in [7, 11) is 0. The highest BCUT2D eigenvalue weighted by Gasteiger charge is 2.13. The molecule has 1 unspecified atom stereocenters. The monoisotopic (exact) mass is 246 g/mol. The highest BCUT2D eigenvalue weighted by Crippen LogP contribution is 2.21. The van der Waals surface area contributed by atoms with Crippen LogP contribution >= 0.6 is 0 Å². The zero-order valence-electron chi connectivity index (χ0n) is 11.1. The highest BCUT2D eigenvalue weighted by molar-refractivity contribution is 5.80. The minimum atomic E-state index is -0.367. The van der Waals surface area contributed by atoms with Gasteiger partial charge in [0.2, 0.25) is 5.91 Å². The molecule has 0 bridgehead atoms. The van der Waals surface area contributed by atoms with E-state index >= 15 is 0 Å². The summed E-state index contributed by atoms with van der Waals surface area (Å²) in [4.78, 5) is 11.0. The Bertz CT molecular complexity index is 410. The van der Waals surface area contributed by atoms with Gasteiger partial charge in [-0.05, 0) is 23.5 Å². The van der Waals surface area contributed by atoms with E-state index < -0.39 is 0 Å². The van der Waals surface area contributed by atoms with Gasteiger partial charge in [-0.1, -0.05) is 50.3 Å². The number of hydrogen-bond acceptors (Lipinski definition) is 2. The van der Waals surface area contributed by atoms with E-state index in [2.05, 4.69) is 19.9 Å². The van der Waals surface area contributed by atoms with E-state index in [-0.39, 0.29) is 18.4 Å². The fraction of sp³-hybridized carbons (Fsp3) is 0.400. The zero-order valence-corrected chi connectivity index (χ0v) is 11.1. The Morgan fingerprint density at radius 2 is 1.89 bits per heavy atom. The largest absolute Gasteiger partial charge is 0.370 e. The van der Waals surface area contributed by atoms with Crippen molar-refractivity contribution in [1.82, 2.24) is 0 Å². The summed E-state index contributed by atoms with van der Waals surface area (Å²) in [5, 5.41) is 0. The average Bonchev–Trinajstić information content (AvgIpc) is 2.29. The van der Waals surface area contributed by atoms with Gasteiger partial charge in [0.1, 0.15) is 0 Å². The summed E-state index contributed by atoms with van der Waals surface area (Å²) in [5.74, 6) is 0.193. The lowest BCUT2D eigenvalue weighted by atomic mass is 9.94. The maximum atomic E-state index is 11.0. The molecule has 1 amide bonds. The van der Waals surface area contributed by atoms with Gasteiger partial charge in [0.15, 0.2) is 0 Å². The van der Waals surface area contributed by atoms with Gasteiger partial charge in [-0.3, -0.25) is 4.79 Å². The SMILES string of the molecule is CC(C)C/C=C(\c1ccccc1)C(N)CC(N)=O. The molecule has 1 rings (SSSR count). The molecule has 1 aromatic carbocycles. The molecule has 0 saturated carbocycles. The first-order valence-electron chi connectivity index (χ1n) is 6.30. The van der Waals surface area contributed by atoms with Crippen molar-refractivity contribution in [2.24, 2.45) is 17.4 Å². The average molecular weight is 246 g/mol. The Labute approximate surface area is 109 Å². The highest BCUT2D eigenvalue weighted by atomic mass is 16.1. The van der Waals surface area contributed by atoms with E-state index in [1.54, 1.807) is 0 Å². The first-order valence-corrected chi connectivity index (χ1v) is 6.30. The molecule has 3 heteroatoms. The van der Waals surface area contributed by atoms with Gasteiger partial charge in [-0.15, -0.1) is 0 Å². The molecule has 0 aliphatic heterocycles. The number of nitrogens with two attached hydrogens (primary N) is 2. The molecule has 0 saturated heterocycles. The van der Waals surface area contributed by atoms with E-state index in [0.717, 1.165) is 17.6 Å². The molecular formula is C15H22N2O. The van der Waals surface area contributed by atoms with Crippen LogP contribution in [0.2, 0.25) is 0 Å². The minimum Gasteiger partial charge on any atom is -0.370 e. The summed E-state index contributed by atoms with van der Waals surface area (Å²) in [6, 6.07) is 9.58. The van der Waals surface area contributed by atoms with Crippen LogP contribution in [0.1, 0.15) is 32.3 Å². The van der Waals surface area contributed by atoms with Crippen molar-refractivity contribution in [1.29, 1.82) is 0 Å². The van der Waals surface area contributed by atoms with Crippen LogP contribution in [0.15, 0.2) is 36.4 Å². The smallest absolute Gasteiger partial charge is 0.219 e. The van der Waals surface area contributed by atoms with E-state index in [4.69, 9.17) is 11.5 Å². The maximum Gasteiger partial charge on any atom is 0.219 e. The lowest BCUT2D eigenvalue weighted by Gasteiger charge is -2.16. The molecular weight excluding hydrogens is 224 g/mol. The van der Waals surface area contributed by atoms with Crippen LogP contribution in [0.3, 0.4) is 0 Å². The van der Waals surface area contributed by atoms with Crippen molar-refractivity contribution in [3.63, 3.8) is 0 Å². The number of hydrogen-bond donors (Lipinski definition) is 2. The number of carbonyl (C=O) groups excluding carboxylic acids is 1. The third-order valence-electron chi connectivity index (χ3n) is 2.74. The molecule has 0 aromatic heterocycles. The first kappa shape index (κ1) is 14.5. The Morgan fingerprint density at radius 3 is 2.39 bits per heavy atom. The topological polar surface area (TPSA) is 69.1 Å². The van der Waals surface area contributed by atoms with E-state index in [1.165, 1.54) is 0 Å². The van der Waals surface area contributed by atoms with Gasteiger partial charge < -0.3 is 11.5 Å². The molecule has 3 nitrogen and oxygen atoms in total. The summed E-state index contributed by atoms with van der Waals surface area (Å²) in [6.07, 6.45) is 3.24. The van der Waals surface area contributed by atoms with Crippen molar-refractivity contribution in [2.75, 3.05) is 0 Å². The zero-order chi connectivity index (χ0) is 13.5. The number of allylic oxidation sites excluding steroid dienone is 1. The fourth-order valence-electron chi connectivity index (χ4n) is 1.80.